The first-order valence-corrected chi connectivity index (χ1v) is 6.91. The zero-order valence-electron chi connectivity index (χ0n) is 10.6. The van der Waals surface area contributed by atoms with Crippen molar-refractivity contribution in [2.45, 2.75) is 18.8 Å². The van der Waals surface area contributed by atoms with E-state index in [1.807, 2.05) is 0 Å². The first-order valence-electron chi connectivity index (χ1n) is 6.12. The fourth-order valence-electron chi connectivity index (χ4n) is 2.13. The van der Waals surface area contributed by atoms with Crippen molar-refractivity contribution in [3.63, 3.8) is 0 Å². The predicted octanol–water partition coefficient (Wildman–Crippen LogP) is 2.51. The number of aromatic carboxylic acids is 1. The second-order valence-electron chi connectivity index (χ2n) is 4.71. The molecule has 1 fully saturated rings. The highest BCUT2D eigenvalue weighted by Gasteiger charge is 2.34. The number of rotatable bonds is 4. The molecule has 1 saturated carbocycles. The van der Waals surface area contributed by atoms with Crippen molar-refractivity contribution in [2.24, 2.45) is 0 Å². The van der Waals surface area contributed by atoms with Gasteiger partial charge in [-0.1, -0.05) is 5.21 Å². The zero-order valence-corrected chi connectivity index (χ0v) is 12.1. The van der Waals surface area contributed by atoms with Crippen LogP contribution in [0.5, 0.6) is 0 Å². The van der Waals surface area contributed by atoms with Crippen LogP contribution in [0.2, 0.25) is 0 Å². The molecule has 0 spiro atoms. The maximum absolute atomic E-state index is 11.2. The van der Waals surface area contributed by atoms with Crippen molar-refractivity contribution in [3.8, 4) is 5.69 Å². The lowest BCUT2D eigenvalue weighted by molar-refractivity contribution is -0.385. The lowest BCUT2D eigenvalue weighted by Gasteiger charge is -2.06. The van der Waals surface area contributed by atoms with Crippen LogP contribution in [-0.4, -0.2) is 31.0 Å². The molecule has 1 aromatic carbocycles. The van der Waals surface area contributed by atoms with Gasteiger partial charge in [-0.05, 0) is 40.9 Å². The normalized spacial score (nSPS) is 14.1. The Balaban J connectivity index is 2.15. The van der Waals surface area contributed by atoms with Crippen molar-refractivity contribution in [3.05, 3.63) is 44.2 Å². The minimum Gasteiger partial charge on any atom is -0.476 e. The monoisotopic (exact) mass is 352 g/mol. The summed E-state index contributed by atoms with van der Waals surface area (Å²) in [4.78, 5) is 21.7. The second-order valence-corrected chi connectivity index (χ2v) is 5.56. The molecule has 8 nitrogen and oxygen atoms in total. The van der Waals surface area contributed by atoms with Crippen LogP contribution in [0.3, 0.4) is 0 Å². The molecule has 1 aromatic heterocycles. The number of nitrogens with zero attached hydrogens (tertiary/aromatic N) is 4. The van der Waals surface area contributed by atoms with Crippen LogP contribution in [0.25, 0.3) is 5.69 Å². The van der Waals surface area contributed by atoms with Gasteiger partial charge in [0.15, 0.2) is 5.69 Å². The Labute approximate surface area is 126 Å². The van der Waals surface area contributed by atoms with Crippen LogP contribution in [0.1, 0.15) is 34.9 Å². The number of halogens is 1. The van der Waals surface area contributed by atoms with Crippen LogP contribution in [-0.2, 0) is 0 Å². The molecule has 0 saturated heterocycles. The number of carboxylic acid groups (broad SMARTS) is 1. The number of hydrogen-bond acceptors (Lipinski definition) is 5. The largest absolute Gasteiger partial charge is 0.476 e. The van der Waals surface area contributed by atoms with E-state index in [0.29, 0.717) is 15.9 Å². The number of nitro groups is 1. The van der Waals surface area contributed by atoms with Gasteiger partial charge in [-0.15, -0.1) is 5.10 Å². The highest BCUT2D eigenvalue weighted by Crippen LogP contribution is 2.42. The Hall–Kier alpha value is -2.29. The second kappa shape index (κ2) is 4.92. The Morgan fingerprint density at radius 3 is 2.76 bits per heavy atom. The molecule has 0 unspecified atom stereocenters. The van der Waals surface area contributed by atoms with Gasteiger partial charge >= 0.3 is 5.97 Å². The molecule has 2 aromatic rings. The summed E-state index contributed by atoms with van der Waals surface area (Å²) in [5, 5.41) is 27.7. The third kappa shape index (κ3) is 2.40. The minimum atomic E-state index is -1.14. The van der Waals surface area contributed by atoms with E-state index in [2.05, 4.69) is 26.2 Å². The van der Waals surface area contributed by atoms with Crippen LogP contribution in [0, 0.1) is 10.1 Å². The molecular weight excluding hydrogens is 344 g/mol. The van der Waals surface area contributed by atoms with Gasteiger partial charge in [0.05, 0.1) is 20.8 Å². The van der Waals surface area contributed by atoms with Crippen LogP contribution in [0.15, 0.2) is 22.7 Å². The van der Waals surface area contributed by atoms with Crippen molar-refractivity contribution < 1.29 is 14.8 Å². The summed E-state index contributed by atoms with van der Waals surface area (Å²) in [5.74, 6) is -1.05. The molecular formula is C12H9BrN4O4. The molecule has 1 N–H and O–H groups in total. The smallest absolute Gasteiger partial charge is 0.358 e. The maximum atomic E-state index is 11.2. The topological polar surface area (TPSA) is 111 Å². The van der Waals surface area contributed by atoms with Gasteiger partial charge < -0.3 is 5.11 Å². The van der Waals surface area contributed by atoms with E-state index in [4.69, 9.17) is 5.11 Å². The Morgan fingerprint density at radius 2 is 2.19 bits per heavy atom. The molecule has 1 aliphatic rings. The average molecular weight is 353 g/mol. The van der Waals surface area contributed by atoms with Crippen molar-refractivity contribution in [1.29, 1.82) is 0 Å². The maximum Gasteiger partial charge on any atom is 0.358 e. The molecule has 0 aliphatic heterocycles. The molecule has 1 heterocycles. The van der Waals surface area contributed by atoms with Gasteiger partial charge in [-0.25, -0.2) is 9.48 Å². The van der Waals surface area contributed by atoms with Crippen LogP contribution < -0.4 is 0 Å². The molecule has 3 rings (SSSR count). The molecule has 0 radical (unpaired) electrons. The van der Waals surface area contributed by atoms with Crippen molar-refractivity contribution >= 4 is 27.6 Å². The van der Waals surface area contributed by atoms with E-state index in [1.165, 1.54) is 16.8 Å². The molecule has 21 heavy (non-hydrogen) atoms. The first kappa shape index (κ1) is 13.7. The quantitative estimate of drug-likeness (QED) is 0.668. The van der Waals surface area contributed by atoms with E-state index in [-0.39, 0.29) is 17.3 Å². The number of benzene rings is 1. The molecule has 9 heteroatoms. The number of aromatic nitrogens is 3. The minimum absolute atomic E-state index is 0.0915. The van der Waals surface area contributed by atoms with E-state index >= 15 is 0 Å². The lowest BCUT2D eigenvalue weighted by Crippen LogP contribution is -2.06. The average Bonchev–Trinajstić information content (AvgIpc) is 3.17. The highest BCUT2D eigenvalue weighted by atomic mass is 79.9. The van der Waals surface area contributed by atoms with E-state index in [9.17, 15) is 14.9 Å². The Kier molecular flexibility index (Phi) is 3.20. The summed E-state index contributed by atoms with van der Waals surface area (Å²) in [7, 11) is 0. The van der Waals surface area contributed by atoms with Crippen LogP contribution >= 0.6 is 15.9 Å². The first-order chi connectivity index (χ1) is 9.99. The number of hydrogen-bond donors (Lipinski definition) is 1. The fraction of sp³-hybridized carbons (Fsp3) is 0.250. The molecule has 108 valence electrons. The zero-order chi connectivity index (χ0) is 15.1. The Morgan fingerprint density at radius 1 is 1.48 bits per heavy atom. The summed E-state index contributed by atoms with van der Waals surface area (Å²) in [6.45, 7) is 0. The summed E-state index contributed by atoms with van der Waals surface area (Å²) in [6, 6.07) is 4.51. The van der Waals surface area contributed by atoms with E-state index < -0.39 is 10.9 Å². The van der Waals surface area contributed by atoms with E-state index in [1.54, 1.807) is 6.07 Å². The SMILES string of the molecule is O=C(O)c1nnn(-c2ccc(Br)c([N+](=O)[O-])c2)c1C1CC1. The Bertz CT molecular complexity index is 754. The van der Waals surface area contributed by atoms with E-state index in [0.717, 1.165) is 12.8 Å². The molecule has 1 aliphatic carbocycles. The van der Waals surface area contributed by atoms with Gasteiger partial charge in [0.2, 0.25) is 0 Å². The third-order valence-electron chi connectivity index (χ3n) is 3.24. The standard InChI is InChI=1S/C12H9BrN4O4/c13-8-4-3-7(5-9(8)17(20)21)16-11(6-1-2-6)10(12(18)19)14-15-16/h3-6H,1-2H2,(H,18,19). The number of carbonyl (C=O) groups is 1. The third-order valence-corrected chi connectivity index (χ3v) is 3.91. The van der Waals surface area contributed by atoms with Gasteiger partial charge in [-0.2, -0.15) is 0 Å². The molecule has 0 bridgehead atoms. The van der Waals surface area contributed by atoms with Crippen LogP contribution in [0.4, 0.5) is 5.69 Å². The summed E-state index contributed by atoms with van der Waals surface area (Å²) >= 11 is 3.11. The van der Waals surface area contributed by atoms with Gasteiger partial charge in [0.25, 0.3) is 5.69 Å². The predicted molar refractivity (Wildman–Crippen MR) is 74.6 cm³/mol. The lowest BCUT2D eigenvalue weighted by atomic mass is 10.2. The van der Waals surface area contributed by atoms with Crippen molar-refractivity contribution in [2.75, 3.05) is 0 Å². The van der Waals surface area contributed by atoms with Gasteiger partial charge in [0, 0.05) is 12.0 Å². The number of carboxylic acids is 1. The molecule has 0 amide bonds. The summed E-state index contributed by atoms with van der Waals surface area (Å²) < 4.78 is 1.73. The van der Waals surface area contributed by atoms with Gasteiger partial charge in [0.1, 0.15) is 0 Å². The summed E-state index contributed by atoms with van der Waals surface area (Å²) in [5.41, 5.74) is 0.718. The fourth-order valence-corrected chi connectivity index (χ4v) is 2.52. The summed E-state index contributed by atoms with van der Waals surface area (Å²) in [6.07, 6.45) is 1.73. The highest BCUT2D eigenvalue weighted by molar-refractivity contribution is 9.10. The van der Waals surface area contributed by atoms with Crippen molar-refractivity contribution in [1.82, 2.24) is 15.0 Å². The molecule has 0 atom stereocenters. The number of nitro benzene ring substituents is 1. The van der Waals surface area contributed by atoms with Gasteiger partial charge in [-0.3, -0.25) is 10.1 Å².